The molecule has 2 aromatic carbocycles. The summed E-state index contributed by atoms with van der Waals surface area (Å²) in [5.41, 5.74) is 3.60. The molecular formula is C20H16O4. The Balaban J connectivity index is 2.03. The monoisotopic (exact) mass is 320 g/mol. The van der Waals surface area contributed by atoms with Gasteiger partial charge in [-0.15, -0.1) is 0 Å². The number of ether oxygens (including phenoxy) is 1. The lowest BCUT2D eigenvalue weighted by Crippen LogP contribution is -2.08. The largest absolute Gasteiger partial charge is 0.487 e. The molecule has 4 rings (SSSR count). The number of hydrogen-bond acceptors (Lipinski definition) is 4. The van der Waals surface area contributed by atoms with Gasteiger partial charge >= 0.3 is 5.63 Å². The molecule has 0 amide bonds. The molecule has 4 nitrogen and oxygen atoms in total. The molecule has 120 valence electrons. The minimum absolute atomic E-state index is 0.272. The van der Waals surface area contributed by atoms with Crippen molar-refractivity contribution >= 4 is 21.9 Å². The lowest BCUT2D eigenvalue weighted by atomic mass is 10.0. The summed E-state index contributed by atoms with van der Waals surface area (Å²) in [5.74, 6) is 0.272. The van der Waals surface area contributed by atoms with E-state index >= 15 is 0 Å². The molecule has 2 heterocycles. The summed E-state index contributed by atoms with van der Waals surface area (Å²) in [6.07, 6.45) is 1.73. The van der Waals surface area contributed by atoms with Crippen molar-refractivity contribution in [2.24, 2.45) is 0 Å². The van der Waals surface area contributed by atoms with E-state index in [4.69, 9.17) is 13.6 Å². The second-order valence-corrected chi connectivity index (χ2v) is 5.64. The van der Waals surface area contributed by atoms with Gasteiger partial charge in [-0.2, -0.15) is 0 Å². The summed E-state index contributed by atoms with van der Waals surface area (Å²) < 4.78 is 16.5. The van der Waals surface area contributed by atoms with Crippen molar-refractivity contribution in [1.82, 2.24) is 0 Å². The predicted octanol–water partition coefficient (Wildman–Crippen LogP) is 4.91. The van der Waals surface area contributed by atoms with Gasteiger partial charge in [0.25, 0.3) is 0 Å². The normalized spacial score (nSPS) is 11.2. The second kappa shape index (κ2) is 5.57. The molecule has 0 unspecified atom stereocenters. The van der Waals surface area contributed by atoms with Gasteiger partial charge in [-0.1, -0.05) is 30.3 Å². The Hall–Kier alpha value is -3.01. The zero-order valence-corrected chi connectivity index (χ0v) is 13.5. The average molecular weight is 320 g/mol. The molecule has 0 aliphatic carbocycles. The van der Waals surface area contributed by atoms with E-state index in [0.717, 1.165) is 27.5 Å². The number of rotatable bonds is 3. The summed E-state index contributed by atoms with van der Waals surface area (Å²) in [7, 11) is 0. The molecule has 4 aromatic rings. The first-order valence-electron chi connectivity index (χ1n) is 7.86. The molecule has 0 bridgehead atoms. The lowest BCUT2D eigenvalue weighted by molar-refractivity contribution is 0.319. The first kappa shape index (κ1) is 14.6. The van der Waals surface area contributed by atoms with Crippen LogP contribution in [-0.4, -0.2) is 6.61 Å². The number of hydrogen-bond donors (Lipinski definition) is 0. The molecule has 0 radical (unpaired) electrons. The van der Waals surface area contributed by atoms with Gasteiger partial charge in [0.05, 0.1) is 12.9 Å². The average Bonchev–Trinajstić information content (AvgIpc) is 3.01. The summed E-state index contributed by atoms with van der Waals surface area (Å²) in [5, 5.41) is 1.83. The van der Waals surface area contributed by atoms with Gasteiger partial charge in [0, 0.05) is 28.0 Å². The molecule has 0 aliphatic rings. The molecule has 24 heavy (non-hydrogen) atoms. The predicted molar refractivity (Wildman–Crippen MR) is 93.6 cm³/mol. The number of aryl methyl sites for hydroxylation is 1. The standard InChI is InChI=1S/C20H16O4/c1-3-22-19-12(2)14-9-15-16(13-7-5-4-6-8-13)11-23-17(15)10-18(14)24-20(19)21/h4-11H,3H2,1-2H3. The van der Waals surface area contributed by atoms with E-state index in [2.05, 4.69) is 0 Å². The van der Waals surface area contributed by atoms with E-state index < -0.39 is 5.63 Å². The van der Waals surface area contributed by atoms with Gasteiger partial charge in [-0.05, 0) is 25.5 Å². The van der Waals surface area contributed by atoms with Crippen LogP contribution < -0.4 is 10.4 Å². The fraction of sp³-hybridized carbons (Fsp3) is 0.150. The quantitative estimate of drug-likeness (QED) is 0.503. The molecule has 0 atom stereocenters. The first-order chi connectivity index (χ1) is 11.7. The van der Waals surface area contributed by atoms with Crippen LogP contribution in [0.15, 0.2) is 62.4 Å². The van der Waals surface area contributed by atoms with Crippen molar-refractivity contribution in [3.63, 3.8) is 0 Å². The van der Waals surface area contributed by atoms with E-state index in [9.17, 15) is 4.79 Å². The topological polar surface area (TPSA) is 52.6 Å². The van der Waals surface area contributed by atoms with Crippen molar-refractivity contribution in [2.75, 3.05) is 6.61 Å². The molecule has 0 saturated carbocycles. The zero-order chi connectivity index (χ0) is 16.7. The van der Waals surface area contributed by atoms with Crippen molar-refractivity contribution in [3.8, 4) is 16.9 Å². The van der Waals surface area contributed by atoms with Crippen molar-refractivity contribution in [1.29, 1.82) is 0 Å². The number of benzene rings is 2. The number of furan rings is 1. The Morgan fingerprint density at radius 1 is 1.04 bits per heavy atom. The van der Waals surface area contributed by atoms with Crippen LogP contribution in [0.3, 0.4) is 0 Å². The van der Waals surface area contributed by atoms with Crippen molar-refractivity contribution < 1.29 is 13.6 Å². The van der Waals surface area contributed by atoms with Crippen LogP contribution in [0.5, 0.6) is 5.75 Å². The van der Waals surface area contributed by atoms with E-state index in [1.807, 2.05) is 50.2 Å². The van der Waals surface area contributed by atoms with Crippen LogP contribution >= 0.6 is 0 Å². The third-order valence-corrected chi connectivity index (χ3v) is 4.18. The minimum Gasteiger partial charge on any atom is -0.487 e. The van der Waals surface area contributed by atoms with E-state index in [1.165, 1.54) is 0 Å². The fourth-order valence-electron chi connectivity index (χ4n) is 3.01. The third-order valence-electron chi connectivity index (χ3n) is 4.18. The first-order valence-corrected chi connectivity index (χ1v) is 7.86. The lowest BCUT2D eigenvalue weighted by Gasteiger charge is -2.08. The van der Waals surface area contributed by atoms with E-state index in [1.54, 1.807) is 12.3 Å². The Labute approximate surface area is 138 Å². The Morgan fingerprint density at radius 3 is 2.58 bits per heavy atom. The van der Waals surface area contributed by atoms with Crippen LogP contribution in [0.25, 0.3) is 33.1 Å². The highest BCUT2D eigenvalue weighted by molar-refractivity contribution is 6.02. The second-order valence-electron chi connectivity index (χ2n) is 5.64. The van der Waals surface area contributed by atoms with Gasteiger partial charge in [0.15, 0.2) is 0 Å². The van der Waals surface area contributed by atoms with Gasteiger partial charge in [0.2, 0.25) is 5.75 Å². The molecule has 4 heteroatoms. The third kappa shape index (κ3) is 2.19. The van der Waals surface area contributed by atoms with Gasteiger partial charge in [-0.25, -0.2) is 4.79 Å². The summed E-state index contributed by atoms with van der Waals surface area (Å²) in [4.78, 5) is 12.1. The Bertz CT molecular complexity index is 1090. The van der Waals surface area contributed by atoms with Crippen molar-refractivity contribution in [3.05, 3.63) is 64.7 Å². The van der Waals surface area contributed by atoms with Crippen LogP contribution in [0.2, 0.25) is 0 Å². The summed E-state index contributed by atoms with van der Waals surface area (Å²) >= 11 is 0. The van der Waals surface area contributed by atoms with Crippen LogP contribution in [0, 0.1) is 6.92 Å². The smallest absolute Gasteiger partial charge is 0.379 e. The SMILES string of the molecule is CCOc1c(C)c2cc3c(-c4ccccc4)coc3cc2oc1=O. The number of fused-ring (bicyclic) bond motifs is 2. The highest BCUT2D eigenvalue weighted by atomic mass is 16.5. The Kier molecular flexibility index (Phi) is 3.38. The van der Waals surface area contributed by atoms with Crippen molar-refractivity contribution in [2.45, 2.75) is 13.8 Å². The summed E-state index contributed by atoms with van der Waals surface area (Å²) in [6.45, 7) is 4.13. The molecular weight excluding hydrogens is 304 g/mol. The fourth-order valence-corrected chi connectivity index (χ4v) is 3.01. The molecule has 2 aromatic heterocycles. The highest BCUT2D eigenvalue weighted by Gasteiger charge is 2.16. The maximum absolute atomic E-state index is 12.1. The zero-order valence-electron chi connectivity index (χ0n) is 13.5. The molecule has 0 aliphatic heterocycles. The highest BCUT2D eigenvalue weighted by Crippen LogP contribution is 2.35. The maximum Gasteiger partial charge on any atom is 0.379 e. The Morgan fingerprint density at radius 2 is 1.83 bits per heavy atom. The van der Waals surface area contributed by atoms with E-state index in [-0.39, 0.29) is 5.75 Å². The minimum atomic E-state index is -0.462. The van der Waals surface area contributed by atoms with Crippen LogP contribution in [-0.2, 0) is 0 Å². The molecule has 0 spiro atoms. The van der Waals surface area contributed by atoms with Gasteiger partial charge in [-0.3, -0.25) is 0 Å². The van der Waals surface area contributed by atoms with E-state index in [0.29, 0.717) is 17.8 Å². The summed E-state index contributed by atoms with van der Waals surface area (Å²) in [6, 6.07) is 13.8. The van der Waals surface area contributed by atoms with Crippen LogP contribution in [0.1, 0.15) is 12.5 Å². The molecule has 0 saturated heterocycles. The van der Waals surface area contributed by atoms with Crippen LogP contribution in [0.4, 0.5) is 0 Å². The van der Waals surface area contributed by atoms with Gasteiger partial charge < -0.3 is 13.6 Å². The molecule has 0 N–H and O–H groups in total. The maximum atomic E-state index is 12.1. The van der Waals surface area contributed by atoms with Gasteiger partial charge in [0.1, 0.15) is 11.2 Å². The molecule has 0 fully saturated rings.